The second-order valence-electron chi connectivity index (χ2n) is 7.79. The number of hydrogen-bond donors (Lipinski definition) is 2. The lowest BCUT2D eigenvalue weighted by atomic mass is 10.0. The molecule has 7 nitrogen and oxygen atoms in total. The van der Waals surface area contributed by atoms with E-state index in [1.54, 1.807) is 16.7 Å². The summed E-state index contributed by atoms with van der Waals surface area (Å²) in [6.07, 6.45) is 2.74. The Balaban J connectivity index is 1.74. The summed E-state index contributed by atoms with van der Waals surface area (Å²) in [7, 11) is 0. The molecule has 0 aliphatic carbocycles. The Morgan fingerprint density at radius 3 is 2.58 bits per heavy atom. The number of nitrogens with one attached hydrogen (secondary N) is 1. The maximum atomic E-state index is 13.0. The van der Waals surface area contributed by atoms with Crippen LogP contribution >= 0.6 is 23.2 Å². The standard InChI is InChI=1S/C24H19Cl2N3O4/c1-12-3-4-14(13(2)9-12)10-15-7-8-29-21(15)28-18-11-16(5-6-17(18)23(29)31)27-22(30)19(25)20(26)24(32)33/h3-6,9-11H,7-8H2,1-2H3,(H,27,30)(H,32,33)/b15-10?,20-19-. The lowest BCUT2D eigenvalue weighted by molar-refractivity contribution is -0.132. The van der Waals surface area contributed by atoms with E-state index >= 15 is 0 Å². The smallest absolute Gasteiger partial charge is 0.349 e. The first-order chi connectivity index (χ1) is 15.7. The van der Waals surface area contributed by atoms with Crippen molar-refractivity contribution in [2.45, 2.75) is 26.8 Å². The summed E-state index contributed by atoms with van der Waals surface area (Å²) >= 11 is 11.3. The molecular weight excluding hydrogens is 465 g/mol. The SMILES string of the molecule is Cc1ccc(C=C2CCn3c2nc2cc(NC(=O)/C(Cl)=C(/Cl)C(=O)O)ccc2c3=O)c(C)c1. The zero-order valence-electron chi connectivity index (χ0n) is 17.8. The van der Waals surface area contributed by atoms with Gasteiger partial charge in [0.05, 0.1) is 10.9 Å². The minimum absolute atomic E-state index is 0.163. The number of nitrogens with zero attached hydrogens (tertiary/aromatic N) is 2. The number of allylic oxidation sites excluding steroid dienone is 1. The van der Waals surface area contributed by atoms with Crippen molar-refractivity contribution in [1.82, 2.24) is 9.55 Å². The van der Waals surface area contributed by atoms with E-state index in [1.807, 2.05) is 26.0 Å². The van der Waals surface area contributed by atoms with Crippen molar-refractivity contribution in [2.24, 2.45) is 0 Å². The molecule has 1 aliphatic heterocycles. The van der Waals surface area contributed by atoms with Gasteiger partial charge in [0, 0.05) is 12.2 Å². The molecule has 1 aliphatic rings. The summed E-state index contributed by atoms with van der Waals surface area (Å²) < 4.78 is 1.65. The second-order valence-corrected chi connectivity index (χ2v) is 8.55. The number of aryl methyl sites for hydroxylation is 2. The number of rotatable bonds is 4. The first kappa shape index (κ1) is 22.8. The molecule has 0 fully saturated rings. The Morgan fingerprint density at radius 1 is 1.12 bits per heavy atom. The van der Waals surface area contributed by atoms with Crippen LogP contribution in [0.1, 0.15) is 28.9 Å². The van der Waals surface area contributed by atoms with E-state index in [2.05, 4.69) is 17.5 Å². The van der Waals surface area contributed by atoms with E-state index in [0.717, 1.165) is 16.7 Å². The molecule has 33 heavy (non-hydrogen) atoms. The Labute approximate surface area is 199 Å². The molecule has 0 saturated heterocycles. The lowest BCUT2D eigenvalue weighted by Crippen LogP contribution is -2.21. The largest absolute Gasteiger partial charge is 0.477 e. The highest BCUT2D eigenvalue weighted by Crippen LogP contribution is 2.29. The summed E-state index contributed by atoms with van der Waals surface area (Å²) in [5.74, 6) is -1.80. The molecule has 2 heterocycles. The third-order valence-corrected chi connectivity index (χ3v) is 6.25. The van der Waals surface area contributed by atoms with Crippen LogP contribution in [0, 0.1) is 13.8 Å². The molecule has 3 aromatic rings. The number of carbonyl (C=O) groups excluding carboxylic acids is 1. The Kier molecular flexibility index (Phi) is 6.10. The third kappa shape index (κ3) is 4.42. The number of aliphatic carboxylic acids is 1. The molecule has 1 amide bonds. The second kappa shape index (κ2) is 8.84. The highest BCUT2D eigenvalue weighted by molar-refractivity contribution is 6.54. The normalized spacial score (nSPS) is 14.8. The first-order valence-electron chi connectivity index (χ1n) is 10.1. The van der Waals surface area contributed by atoms with Gasteiger partial charge in [0.1, 0.15) is 15.9 Å². The van der Waals surface area contributed by atoms with E-state index in [1.165, 1.54) is 11.6 Å². The number of benzene rings is 2. The average molecular weight is 484 g/mol. The van der Waals surface area contributed by atoms with Gasteiger partial charge in [-0.05, 0) is 61.2 Å². The van der Waals surface area contributed by atoms with Gasteiger partial charge in [0.15, 0.2) is 0 Å². The Hall–Kier alpha value is -3.42. The van der Waals surface area contributed by atoms with Gasteiger partial charge in [-0.25, -0.2) is 9.78 Å². The topological polar surface area (TPSA) is 101 Å². The van der Waals surface area contributed by atoms with E-state index in [9.17, 15) is 14.4 Å². The number of hydrogen-bond acceptors (Lipinski definition) is 4. The quantitative estimate of drug-likeness (QED) is 0.525. The van der Waals surface area contributed by atoms with Gasteiger partial charge >= 0.3 is 5.97 Å². The number of carboxylic acid groups (broad SMARTS) is 1. The number of halogens is 2. The summed E-state index contributed by atoms with van der Waals surface area (Å²) in [5, 5.41) is 10.3. The molecule has 0 radical (unpaired) electrons. The van der Waals surface area contributed by atoms with Crippen LogP contribution in [0.25, 0.3) is 22.6 Å². The van der Waals surface area contributed by atoms with Gasteiger partial charge < -0.3 is 10.4 Å². The van der Waals surface area contributed by atoms with E-state index < -0.39 is 21.9 Å². The van der Waals surface area contributed by atoms with Crippen LogP contribution in [-0.4, -0.2) is 26.5 Å². The van der Waals surface area contributed by atoms with Crippen molar-refractivity contribution in [3.8, 4) is 0 Å². The molecular formula is C24H19Cl2N3O4. The summed E-state index contributed by atoms with van der Waals surface area (Å²) in [5.41, 5.74) is 4.88. The number of anilines is 1. The fourth-order valence-electron chi connectivity index (χ4n) is 3.79. The van der Waals surface area contributed by atoms with Crippen molar-refractivity contribution in [3.63, 3.8) is 0 Å². The Bertz CT molecular complexity index is 1450. The van der Waals surface area contributed by atoms with Gasteiger partial charge in [-0.3, -0.25) is 14.2 Å². The molecule has 4 rings (SSSR count). The van der Waals surface area contributed by atoms with Crippen LogP contribution in [0.15, 0.2) is 51.3 Å². The molecule has 0 unspecified atom stereocenters. The monoisotopic (exact) mass is 483 g/mol. The van der Waals surface area contributed by atoms with Crippen molar-refractivity contribution >= 4 is 63.3 Å². The average Bonchev–Trinajstić information content (AvgIpc) is 3.17. The van der Waals surface area contributed by atoms with Crippen LogP contribution in [0.4, 0.5) is 5.69 Å². The van der Waals surface area contributed by atoms with Crippen molar-refractivity contribution in [1.29, 1.82) is 0 Å². The molecule has 0 atom stereocenters. The molecule has 2 N–H and O–H groups in total. The van der Waals surface area contributed by atoms with Gasteiger partial charge in [-0.2, -0.15) is 0 Å². The number of carbonyl (C=O) groups is 2. The number of carboxylic acids is 1. The van der Waals surface area contributed by atoms with Gasteiger partial charge in [0.25, 0.3) is 11.5 Å². The van der Waals surface area contributed by atoms with Gasteiger partial charge in [-0.15, -0.1) is 0 Å². The summed E-state index contributed by atoms with van der Waals surface area (Å²) in [6, 6.07) is 10.8. The minimum Gasteiger partial charge on any atom is -0.477 e. The zero-order chi connectivity index (χ0) is 23.9. The van der Waals surface area contributed by atoms with Crippen molar-refractivity contribution in [3.05, 3.63) is 79.3 Å². The fourth-order valence-corrected chi connectivity index (χ4v) is 4.00. The maximum Gasteiger partial charge on any atom is 0.349 e. The maximum absolute atomic E-state index is 13.0. The van der Waals surface area contributed by atoms with E-state index in [4.69, 9.17) is 33.3 Å². The summed E-state index contributed by atoms with van der Waals surface area (Å²) in [4.78, 5) is 40.9. The van der Waals surface area contributed by atoms with Crippen LogP contribution in [0.3, 0.4) is 0 Å². The van der Waals surface area contributed by atoms with Crippen LogP contribution in [0.5, 0.6) is 0 Å². The molecule has 0 saturated carbocycles. The highest BCUT2D eigenvalue weighted by atomic mass is 35.5. The molecule has 1 aromatic heterocycles. The lowest BCUT2D eigenvalue weighted by Gasteiger charge is -2.09. The minimum atomic E-state index is -1.51. The summed E-state index contributed by atoms with van der Waals surface area (Å²) in [6.45, 7) is 4.62. The first-order valence-corrected chi connectivity index (χ1v) is 10.8. The molecule has 0 spiro atoms. The van der Waals surface area contributed by atoms with E-state index in [0.29, 0.717) is 35.4 Å². The molecule has 2 aromatic carbocycles. The number of fused-ring (bicyclic) bond motifs is 2. The number of amides is 1. The molecule has 9 heteroatoms. The van der Waals surface area contributed by atoms with Crippen LogP contribution < -0.4 is 10.9 Å². The van der Waals surface area contributed by atoms with Gasteiger partial charge in [-0.1, -0.05) is 47.0 Å². The van der Waals surface area contributed by atoms with E-state index in [-0.39, 0.29) is 5.56 Å². The number of aromatic nitrogens is 2. The van der Waals surface area contributed by atoms with Crippen molar-refractivity contribution < 1.29 is 14.7 Å². The fraction of sp³-hybridized carbons (Fsp3) is 0.167. The van der Waals surface area contributed by atoms with Crippen molar-refractivity contribution in [2.75, 3.05) is 5.32 Å². The predicted molar refractivity (Wildman–Crippen MR) is 129 cm³/mol. The highest BCUT2D eigenvalue weighted by Gasteiger charge is 2.22. The van der Waals surface area contributed by atoms with Crippen LogP contribution in [0.2, 0.25) is 0 Å². The predicted octanol–water partition coefficient (Wildman–Crippen LogP) is 4.67. The van der Waals surface area contributed by atoms with Crippen LogP contribution in [-0.2, 0) is 16.1 Å². The molecule has 0 bridgehead atoms. The van der Waals surface area contributed by atoms with Gasteiger partial charge in [0.2, 0.25) is 0 Å². The third-order valence-electron chi connectivity index (χ3n) is 5.44. The zero-order valence-corrected chi connectivity index (χ0v) is 19.3. The Morgan fingerprint density at radius 2 is 1.88 bits per heavy atom. The molecule has 168 valence electrons.